The first-order chi connectivity index (χ1) is 9.02. The zero-order chi connectivity index (χ0) is 13.9. The quantitative estimate of drug-likeness (QED) is 0.867. The largest absolute Gasteiger partial charge is 0.330 e. The average molecular weight is 260 g/mol. The minimum atomic E-state index is 0.0874. The Morgan fingerprint density at radius 2 is 1.74 bits per heavy atom. The number of nitrogens with two attached hydrogens (primary N) is 2. The molecule has 0 amide bonds. The maximum absolute atomic E-state index is 6.09. The first-order valence-electron chi connectivity index (χ1n) is 7.57. The Labute approximate surface area is 117 Å². The molecule has 0 radical (unpaired) electrons. The van der Waals surface area contributed by atoms with E-state index in [1.54, 1.807) is 0 Å². The lowest BCUT2D eigenvalue weighted by Crippen LogP contribution is -2.20. The fourth-order valence-corrected chi connectivity index (χ4v) is 3.09. The van der Waals surface area contributed by atoms with Crippen LogP contribution in [0.4, 0.5) is 0 Å². The molecule has 1 aliphatic carbocycles. The van der Waals surface area contributed by atoms with Gasteiger partial charge in [0.15, 0.2) is 0 Å². The summed E-state index contributed by atoms with van der Waals surface area (Å²) < 4.78 is 0. The van der Waals surface area contributed by atoms with Gasteiger partial charge in [0, 0.05) is 6.04 Å². The highest BCUT2D eigenvalue weighted by Gasteiger charge is 2.27. The van der Waals surface area contributed by atoms with Crippen LogP contribution < -0.4 is 11.5 Å². The molecule has 0 aromatic heterocycles. The van der Waals surface area contributed by atoms with Crippen LogP contribution in [0.3, 0.4) is 0 Å². The summed E-state index contributed by atoms with van der Waals surface area (Å²) in [5.74, 6) is 0.743. The second kappa shape index (κ2) is 6.06. The SMILES string of the molecule is CC1(C)CCC(c2ccc(C(N)CCN)cc2)CC1. The summed E-state index contributed by atoms with van der Waals surface area (Å²) in [5, 5.41) is 0. The van der Waals surface area contributed by atoms with E-state index in [0.29, 0.717) is 12.0 Å². The normalized spacial score (nSPS) is 21.3. The second-order valence-electron chi connectivity index (χ2n) is 6.79. The Kier molecular flexibility index (Phi) is 4.64. The Bertz CT molecular complexity index is 384. The molecule has 0 saturated heterocycles. The first-order valence-corrected chi connectivity index (χ1v) is 7.57. The van der Waals surface area contributed by atoms with Gasteiger partial charge in [0.05, 0.1) is 0 Å². The van der Waals surface area contributed by atoms with Crippen molar-refractivity contribution in [3.63, 3.8) is 0 Å². The standard InChI is InChI=1S/C17H28N2/c1-17(2)10-7-14(8-11-17)13-3-5-15(6-4-13)16(19)9-12-18/h3-6,14,16H,7-12,18-19H2,1-2H3. The molecule has 0 heterocycles. The van der Waals surface area contributed by atoms with Crippen LogP contribution in [0.15, 0.2) is 24.3 Å². The van der Waals surface area contributed by atoms with E-state index in [9.17, 15) is 0 Å². The highest BCUT2D eigenvalue weighted by Crippen LogP contribution is 2.42. The van der Waals surface area contributed by atoms with E-state index >= 15 is 0 Å². The van der Waals surface area contributed by atoms with E-state index in [1.165, 1.54) is 36.8 Å². The van der Waals surface area contributed by atoms with Crippen molar-refractivity contribution in [2.24, 2.45) is 16.9 Å². The van der Waals surface area contributed by atoms with E-state index in [-0.39, 0.29) is 6.04 Å². The predicted octanol–water partition coefficient (Wildman–Crippen LogP) is 3.72. The van der Waals surface area contributed by atoms with E-state index in [4.69, 9.17) is 11.5 Å². The van der Waals surface area contributed by atoms with Crippen molar-refractivity contribution in [2.45, 2.75) is 57.9 Å². The smallest absolute Gasteiger partial charge is 0.0306 e. The Morgan fingerprint density at radius 1 is 1.16 bits per heavy atom. The summed E-state index contributed by atoms with van der Waals surface area (Å²) >= 11 is 0. The van der Waals surface area contributed by atoms with Crippen LogP contribution in [-0.4, -0.2) is 6.54 Å². The highest BCUT2D eigenvalue weighted by molar-refractivity contribution is 5.27. The van der Waals surface area contributed by atoms with E-state index in [1.807, 2.05) is 0 Å². The monoisotopic (exact) mass is 260 g/mol. The second-order valence-corrected chi connectivity index (χ2v) is 6.79. The number of hydrogen-bond acceptors (Lipinski definition) is 2. The fraction of sp³-hybridized carbons (Fsp3) is 0.647. The summed E-state index contributed by atoms with van der Waals surface area (Å²) in [4.78, 5) is 0. The van der Waals surface area contributed by atoms with Crippen LogP contribution >= 0.6 is 0 Å². The van der Waals surface area contributed by atoms with Crippen LogP contribution in [-0.2, 0) is 0 Å². The van der Waals surface area contributed by atoms with Crippen molar-refractivity contribution in [1.82, 2.24) is 0 Å². The van der Waals surface area contributed by atoms with E-state index in [2.05, 4.69) is 38.1 Å². The van der Waals surface area contributed by atoms with E-state index in [0.717, 1.165) is 12.3 Å². The van der Waals surface area contributed by atoms with Gasteiger partial charge in [-0.25, -0.2) is 0 Å². The highest BCUT2D eigenvalue weighted by atomic mass is 14.7. The van der Waals surface area contributed by atoms with Crippen molar-refractivity contribution in [1.29, 1.82) is 0 Å². The Hall–Kier alpha value is -0.860. The molecule has 2 rings (SSSR count). The molecule has 0 bridgehead atoms. The third-order valence-electron chi connectivity index (χ3n) is 4.65. The Balaban J connectivity index is 1.99. The van der Waals surface area contributed by atoms with Crippen molar-refractivity contribution < 1.29 is 0 Å². The summed E-state index contributed by atoms with van der Waals surface area (Å²) in [6.45, 7) is 5.43. The molecule has 0 aliphatic heterocycles. The van der Waals surface area contributed by atoms with Gasteiger partial charge >= 0.3 is 0 Å². The van der Waals surface area contributed by atoms with Gasteiger partial charge in [0.1, 0.15) is 0 Å². The summed E-state index contributed by atoms with van der Waals surface area (Å²) in [6.07, 6.45) is 6.18. The molecule has 2 heteroatoms. The zero-order valence-electron chi connectivity index (χ0n) is 12.4. The molecule has 1 aliphatic rings. The molecular weight excluding hydrogens is 232 g/mol. The molecule has 19 heavy (non-hydrogen) atoms. The van der Waals surface area contributed by atoms with Crippen molar-refractivity contribution >= 4 is 0 Å². The molecule has 1 fully saturated rings. The van der Waals surface area contributed by atoms with Crippen LogP contribution in [0.2, 0.25) is 0 Å². The predicted molar refractivity (Wildman–Crippen MR) is 82.0 cm³/mol. The van der Waals surface area contributed by atoms with Gasteiger partial charge in [-0.3, -0.25) is 0 Å². The minimum Gasteiger partial charge on any atom is -0.330 e. The van der Waals surface area contributed by atoms with Crippen LogP contribution in [0.25, 0.3) is 0 Å². The molecule has 0 spiro atoms. The first kappa shape index (κ1) is 14.5. The van der Waals surface area contributed by atoms with Gasteiger partial charge in [-0.1, -0.05) is 38.1 Å². The summed E-state index contributed by atoms with van der Waals surface area (Å²) in [6, 6.07) is 9.01. The number of rotatable bonds is 4. The van der Waals surface area contributed by atoms with E-state index < -0.39 is 0 Å². The van der Waals surface area contributed by atoms with Crippen LogP contribution in [0.1, 0.15) is 69.0 Å². The van der Waals surface area contributed by atoms with Crippen molar-refractivity contribution in [3.8, 4) is 0 Å². The van der Waals surface area contributed by atoms with Crippen molar-refractivity contribution in [2.75, 3.05) is 6.54 Å². The average Bonchev–Trinajstić information content (AvgIpc) is 2.39. The molecule has 2 nitrogen and oxygen atoms in total. The maximum Gasteiger partial charge on any atom is 0.0306 e. The van der Waals surface area contributed by atoms with Crippen molar-refractivity contribution in [3.05, 3.63) is 35.4 Å². The van der Waals surface area contributed by atoms with Gasteiger partial charge in [-0.2, -0.15) is 0 Å². The third kappa shape index (κ3) is 3.80. The van der Waals surface area contributed by atoms with Gasteiger partial charge < -0.3 is 11.5 Å². The molecule has 4 N–H and O–H groups in total. The molecule has 1 atom stereocenters. The van der Waals surface area contributed by atoms with Gasteiger partial charge in [0.25, 0.3) is 0 Å². The minimum absolute atomic E-state index is 0.0874. The fourth-order valence-electron chi connectivity index (χ4n) is 3.09. The van der Waals surface area contributed by atoms with Crippen LogP contribution in [0, 0.1) is 5.41 Å². The summed E-state index contributed by atoms with van der Waals surface area (Å²) in [7, 11) is 0. The maximum atomic E-state index is 6.09. The molecular formula is C17H28N2. The molecule has 106 valence electrons. The third-order valence-corrected chi connectivity index (χ3v) is 4.65. The zero-order valence-corrected chi connectivity index (χ0v) is 12.4. The molecule has 1 saturated carbocycles. The lowest BCUT2D eigenvalue weighted by molar-refractivity contribution is 0.224. The molecule has 1 unspecified atom stereocenters. The molecule has 1 aromatic carbocycles. The summed E-state index contributed by atoms with van der Waals surface area (Å²) in [5.41, 5.74) is 14.9. The van der Waals surface area contributed by atoms with Crippen LogP contribution in [0.5, 0.6) is 0 Å². The Morgan fingerprint density at radius 3 is 2.26 bits per heavy atom. The molecule has 1 aromatic rings. The topological polar surface area (TPSA) is 52.0 Å². The number of hydrogen-bond donors (Lipinski definition) is 2. The lowest BCUT2D eigenvalue weighted by Gasteiger charge is -2.34. The van der Waals surface area contributed by atoms with Gasteiger partial charge in [-0.05, 0) is 61.1 Å². The van der Waals surface area contributed by atoms with Gasteiger partial charge in [-0.15, -0.1) is 0 Å². The van der Waals surface area contributed by atoms with Gasteiger partial charge in [0.2, 0.25) is 0 Å². The lowest BCUT2D eigenvalue weighted by atomic mass is 9.71. The number of benzene rings is 1.